The van der Waals surface area contributed by atoms with E-state index in [1.165, 1.54) is 6.42 Å². The van der Waals surface area contributed by atoms with Crippen LogP contribution in [0.3, 0.4) is 0 Å². The quantitative estimate of drug-likeness (QED) is 0.212. The number of nitrogens with zero attached hydrogens (tertiary/aromatic N) is 5. The average Bonchev–Trinajstić information content (AvgIpc) is 3.67. The van der Waals surface area contributed by atoms with Crippen LogP contribution < -0.4 is 9.64 Å². The van der Waals surface area contributed by atoms with Crippen molar-refractivity contribution in [1.82, 2.24) is 19.9 Å². The summed E-state index contributed by atoms with van der Waals surface area (Å²) in [5.41, 5.74) is 0.0212. The third-order valence-electron chi connectivity index (χ3n) is 10.4. The molecule has 4 aromatic rings. The molecule has 1 saturated carbocycles. The van der Waals surface area contributed by atoms with Gasteiger partial charge in [0, 0.05) is 41.8 Å². The summed E-state index contributed by atoms with van der Waals surface area (Å²) < 4.78 is 63.9. The molecule has 8 rings (SSSR count). The summed E-state index contributed by atoms with van der Waals surface area (Å²) >= 11 is 6.58. The molecule has 0 radical (unpaired) electrons. The molecule has 3 aliphatic heterocycles. The van der Waals surface area contributed by atoms with Gasteiger partial charge in [-0.05, 0) is 68.4 Å². The topological polar surface area (TPSA) is 54.4 Å². The summed E-state index contributed by atoms with van der Waals surface area (Å²) in [7, 11) is 0. The Morgan fingerprint density at radius 1 is 1.02 bits per heavy atom. The van der Waals surface area contributed by atoms with Crippen LogP contribution in [0.2, 0.25) is 5.02 Å². The minimum Gasteiger partial charge on any atom is -0.461 e. The van der Waals surface area contributed by atoms with E-state index in [4.69, 9.17) is 21.3 Å². The molecule has 4 aliphatic rings. The molecular weight excluding hydrogens is 594 g/mol. The van der Waals surface area contributed by atoms with Gasteiger partial charge < -0.3 is 9.64 Å². The standard InChI is InChI=1S/C33H32ClF4N5O/c34-25-7-2-5-21-4-1-6-23(26(21)25)28-27(35)29-24(14-39-28)30(42-15-19-8-9-20(12-19)16-42)41-31(40-29)44-18-32-10-3-11-43(32)17-22(13-32)33(36,37)38/h1-2,4-7,14,19-20,22H,3,8-13,15-18H2/t19?,20?,22-,32-/m0/s1. The fourth-order valence-electron chi connectivity index (χ4n) is 8.33. The van der Waals surface area contributed by atoms with E-state index in [1.54, 1.807) is 18.3 Å². The maximum absolute atomic E-state index is 16.6. The Morgan fingerprint density at radius 2 is 1.80 bits per heavy atom. The normalized spacial score (nSPS) is 27.0. The van der Waals surface area contributed by atoms with Crippen LogP contribution in [-0.4, -0.2) is 64.4 Å². The highest BCUT2D eigenvalue weighted by Crippen LogP contribution is 2.47. The third-order valence-corrected chi connectivity index (χ3v) is 10.7. The minimum absolute atomic E-state index is 0.0172. The van der Waals surface area contributed by atoms with E-state index in [1.807, 2.05) is 29.2 Å². The van der Waals surface area contributed by atoms with Crippen LogP contribution in [0.5, 0.6) is 6.01 Å². The highest BCUT2D eigenvalue weighted by molar-refractivity contribution is 6.36. The highest BCUT2D eigenvalue weighted by atomic mass is 35.5. The molecule has 11 heteroatoms. The Labute approximate surface area is 257 Å². The fraction of sp³-hybridized carbons (Fsp3) is 0.485. The second-order valence-electron chi connectivity index (χ2n) is 13.1. The molecular formula is C33H32ClF4N5O. The van der Waals surface area contributed by atoms with E-state index in [0.717, 1.165) is 37.7 Å². The molecule has 230 valence electrons. The predicted molar refractivity (Wildman–Crippen MR) is 161 cm³/mol. The van der Waals surface area contributed by atoms with Crippen LogP contribution in [0.25, 0.3) is 32.9 Å². The molecule has 0 N–H and O–H groups in total. The largest absolute Gasteiger partial charge is 0.461 e. The number of ether oxygens (including phenoxy) is 1. The summed E-state index contributed by atoms with van der Waals surface area (Å²) in [6.45, 7) is 2.21. The van der Waals surface area contributed by atoms with Crippen molar-refractivity contribution in [3.8, 4) is 17.3 Å². The molecule has 0 amide bonds. The van der Waals surface area contributed by atoms with Gasteiger partial charge in [-0.3, -0.25) is 9.88 Å². The van der Waals surface area contributed by atoms with E-state index < -0.39 is 23.5 Å². The molecule has 1 aliphatic carbocycles. The summed E-state index contributed by atoms with van der Waals surface area (Å²) in [5.74, 6) is -0.344. The van der Waals surface area contributed by atoms with Gasteiger partial charge in [-0.15, -0.1) is 0 Å². The van der Waals surface area contributed by atoms with Crippen LogP contribution in [0.15, 0.2) is 42.6 Å². The molecule has 2 aromatic carbocycles. The molecule has 4 fully saturated rings. The predicted octanol–water partition coefficient (Wildman–Crippen LogP) is 7.67. The first-order chi connectivity index (χ1) is 21.2. The first kappa shape index (κ1) is 28.2. The van der Waals surface area contributed by atoms with E-state index in [2.05, 4.69) is 14.9 Å². The zero-order valence-corrected chi connectivity index (χ0v) is 24.8. The van der Waals surface area contributed by atoms with Gasteiger partial charge >= 0.3 is 12.2 Å². The lowest BCUT2D eigenvalue weighted by Crippen LogP contribution is -2.43. The van der Waals surface area contributed by atoms with Crippen LogP contribution in [-0.2, 0) is 0 Å². The number of hydrogen-bond donors (Lipinski definition) is 0. The number of halogens is 5. The van der Waals surface area contributed by atoms with Gasteiger partial charge in [0.1, 0.15) is 23.6 Å². The second-order valence-corrected chi connectivity index (χ2v) is 13.5. The molecule has 5 heterocycles. The maximum Gasteiger partial charge on any atom is 0.393 e. The van der Waals surface area contributed by atoms with Crippen molar-refractivity contribution in [2.75, 3.05) is 37.7 Å². The van der Waals surface area contributed by atoms with Crippen LogP contribution in [0.4, 0.5) is 23.4 Å². The zero-order chi connectivity index (χ0) is 30.2. The number of pyridine rings is 1. The lowest BCUT2D eigenvalue weighted by atomic mass is 9.90. The van der Waals surface area contributed by atoms with Crippen LogP contribution in [0, 0.1) is 23.6 Å². The van der Waals surface area contributed by atoms with E-state index in [0.29, 0.717) is 52.0 Å². The number of rotatable bonds is 5. The van der Waals surface area contributed by atoms with Crippen LogP contribution >= 0.6 is 11.6 Å². The van der Waals surface area contributed by atoms with Crippen molar-refractivity contribution in [3.63, 3.8) is 0 Å². The summed E-state index contributed by atoms with van der Waals surface area (Å²) in [6, 6.07) is 11.1. The SMILES string of the molecule is Fc1c(-c2cccc3cccc(Cl)c23)ncc2c(N3CC4CCC(C4)C3)nc(OC[C@@]34CCCN3C[C@@H](C(F)(F)F)C4)nc12. The Balaban J connectivity index is 1.22. The second kappa shape index (κ2) is 10.4. The fourth-order valence-corrected chi connectivity index (χ4v) is 8.61. The first-order valence-corrected chi connectivity index (χ1v) is 15.8. The minimum atomic E-state index is -4.26. The lowest BCUT2D eigenvalue weighted by Gasteiger charge is -2.34. The Hall–Kier alpha value is -3.24. The first-order valence-electron chi connectivity index (χ1n) is 15.4. The van der Waals surface area contributed by atoms with Gasteiger partial charge in [-0.25, -0.2) is 4.39 Å². The number of hydrogen-bond acceptors (Lipinski definition) is 6. The highest BCUT2D eigenvalue weighted by Gasteiger charge is 2.56. The van der Waals surface area contributed by atoms with E-state index in [-0.39, 0.29) is 36.8 Å². The van der Waals surface area contributed by atoms with Gasteiger partial charge in [-0.1, -0.05) is 41.9 Å². The van der Waals surface area contributed by atoms with E-state index >= 15 is 4.39 Å². The van der Waals surface area contributed by atoms with Crippen LogP contribution in [0.1, 0.15) is 38.5 Å². The van der Waals surface area contributed by atoms with Crippen molar-refractivity contribution >= 4 is 39.1 Å². The molecule has 0 spiro atoms. The van der Waals surface area contributed by atoms with Gasteiger partial charge in [0.25, 0.3) is 0 Å². The third kappa shape index (κ3) is 4.67. The Morgan fingerprint density at radius 3 is 2.57 bits per heavy atom. The maximum atomic E-state index is 16.6. The van der Waals surface area contributed by atoms with Crippen molar-refractivity contribution in [2.24, 2.45) is 17.8 Å². The van der Waals surface area contributed by atoms with Crippen molar-refractivity contribution < 1.29 is 22.3 Å². The molecule has 44 heavy (non-hydrogen) atoms. The Kier molecular flexibility index (Phi) is 6.68. The summed E-state index contributed by atoms with van der Waals surface area (Å²) in [6.07, 6.45) is 2.27. The molecule has 2 aromatic heterocycles. The van der Waals surface area contributed by atoms with Gasteiger partial charge in [0.05, 0.1) is 16.8 Å². The molecule has 2 bridgehead atoms. The number of piperidine rings is 1. The molecule has 2 unspecified atom stereocenters. The summed E-state index contributed by atoms with van der Waals surface area (Å²) in [5, 5.41) is 2.54. The number of aromatic nitrogens is 3. The Bertz CT molecular complexity index is 1750. The zero-order valence-electron chi connectivity index (χ0n) is 24.1. The van der Waals surface area contributed by atoms with Crippen molar-refractivity contribution in [2.45, 2.75) is 50.2 Å². The van der Waals surface area contributed by atoms with E-state index in [9.17, 15) is 13.2 Å². The molecule has 4 atom stereocenters. The smallest absolute Gasteiger partial charge is 0.393 e. The van der Waals surface area contributed by atoms with Gasteiger partial charge in [-0.2, -0.15) is 23.1 Å². The molecule has 3 saturated heterocycles. The number of benzene rings is 2. The van der Waals surface area contributed by atoms with Crippen molar-refractivity contribution in [3.05, 3.63) is 53.4 Å². The summed E-state index contributed by atoms with van der Waals surface area (Å²) in [4.78, 5) is 18.0. The van der Waals surface area contributed by atoms with Gasteiger partial charge in [0.2, 0.25) is 0 Å². The average molecular weight is 626 g/mol. The molecule has 6 nitrogen and oxygen atoms in total. The number of anilines is 1. The monoisotopic (exact) mass is 625 g/mol. The number of alkyl halides is 3. The lowest BCUT2D eigenvalue weighted by molar-refractivity contribution is -0.171. The van der Waals surface area contributed by atoms with Crippen molar-refractivity contribution in [1.29, 1.82) is 0 Å². The van der Waals surface area contributed by atoms with Gasteiger partial charge in [0.15, 0.2) is 5.82 Å². The number of fused-ring (bicyclic) bond motifs is 5.